The Morgan fingerprint density at radius 2 is 1.88 bits per heavy atom. The van der Waals surface area contributed by atoms with Gasteiger partial charge in [0.1, 0.15) is 0 Å². The summed E-state index contributed by atoms with van der Waals surface area (Å²) in [6.45, 7) is 1.33. The fraction of sp³-hybridized carbons (Fsp3) is 0.211. The average Bonchev–Trinajstić information content (AvgIpc) is 2.89. The van der Waals surface area contributed by atoms with Gasteiger partial charge in [0.25, 0.3) is 5.91 Å². The molecule has 3 aromatic rings. The number of para-hydroxylation sites is 1. The highest BCUT2D eigenvalue weighted by Gasteiger charge is 2.26. The van der Waals surface area contributed by atoms with Crippen LogP contribution in [0.1, 0.15) is 21.6 Å². The van der Waals surface area contributed by atoms with Crippen molar-refractivity contribution >= 4 is 40.0 Å². The van der Waals surface area contributed by atoms with E-state index in [1.165, 1.54) is 22.2 Å². The molecule has 1 amide bonds. The van der Waals surface area contributed by atoms with Crippen LogP contribution in [0.3, 0.4) is 0 Å². The van der Waals surface area contributed by atoms with Crippen LogP contribution in [0.15, 0.2) is 42.5 Å². The fourth-order valence-electron chi connectivity index (χ4n) is 3.52. The molecule has 1 aromatic heterocycles. The Hall–Kier alpha value is -1.97. The average molecular weight is 359 g/mol. The van der Waals surface area contributed by atoms with Gasteiger partial charge in [0.2, 0.25) is 0 Å². The van der Waals surface area contributed by atoms with E-state index in [2.05, 4.69) is 23.7 Å². The number of rotatable bonds is 1. The first-order valence-electron chi connectivity index (χ1n) is 7.86. The first-order chi connectivity index (χ1) is 11.6. The quantitative estimate of drug-likeness (QED) is 0.619. The number of carbonyl (C=O) groups excluding carboxylic acids is 1. The molecule has 0 atom stereocenters. The Bertz CT molecular complexity index is 961. The van der Waals surface area contributed by atoms with Crippen molar-refractivity contribution in [3.8, 4) is 0 Å². The summed E-state index contributed by atoms with van der Waals surface area (Å²) >= 11 is 12.0. The zero-order valence-electron chi connectivity index (χ0n) is 13.2. The van der Waals surface area contributed by atoms with Crippen LogP contribution in [-0.4, -0.2) is 21.9 Å². The summed E-state index contributed by atoms with van der Waals surface area (Å²) in [4.78, 5) is 14.7. The van der Waals surface area contributed by atoms with Gasteiger partial charge >= 0.3 is 0 Å². The Labute approximate surface area is 150 Å². The molecule has 1 aliphatic heterocycles. The molecule has 1 aliphatic rings. The Balaban J connectivity index is 1.70. The van der Waals surface area contributed by atoms with Gasteiger partial charge in [0.05, 0.1) is 10.0 Å². The van der Waals surface area contributed by atoms with Gasteiger partial charge < -0.3 is 9.47 Å². The SMILES string of the molecule is Cn1c2c(c3ccccc31)CN(C(=O)c1ccc(Cl)c(Cl)c1)CC2. The second-order valence-corrected chi connectivity index (χ2v) is 6.92. The van der Waals surface area contributed by atoms with Crippen molar-refractivity contribution in [2.24, 2.45) is 7.05 Å². The highest BCUT2D eigenvalue weighted by atomic mass is 35.5. The predicted octanol–water partition coefficient (Wildman–Crippen LogP) is 4.68. The van der Waals surface area contributed by atoms with E-state index in [9.17, 15) is 4.79 Å². The third-order valence-corrected chi connectivity index (χ3v) is 5.50. The maximum atomic E-state index is 12.8. The first kappa shape index (κ1) is 15.6. The highest BCUT2D eigenvalue weighted by molar-refractivity contribution is 6.42. The van der Waals surface area contributed by atoms with E-state index in [4.69, 9.17) is 23.2 Å². The van der Waals surface area contributed by atoms with Crippen LogP contribution in [0.25, 0.3) is 10.9 Å². The van der Waals surface area contributed by atoms with E-state index in [-0.39, 0.29) is 5.91 Å². The second kappa shape index (κ2) is 5.83. The lowest BCUT2D eigenvalue weighted by Gasteiger charge is -2.28. The zero-order chi connectivity index (χ0) is 16.8. The van der Waals surface area contributed by atoms with Gasteiger partial charge in [-0.15, -0.1) is 0 Å². The molecule has 0 saturated carbocycles. The lowest BCUT2D eigenvalue weighted by atomic mass is 10.0. The molecule has 0 fully saturated rings. The molecule has 0 N–H and O–H groups in total. The molecular weight excluding hydrogens is 343 g/mol. The number of hydrogen-bond acceptors (Lipinski definition) is 1. The summed E-state index contributed by atoms with van der Waals surface area (Å²) in [6, 6.07) is 13.4. The third kappa shape index (κ3) is 2.40. The number of aryl methyl sites for hydroxylation is 1. The molecule has 0 unspecified atom stereocenters. The van der Waals surface area contributed by atoms with Crippen LogP contribution in [-0.2, 0) is 20.0 Å². The van der Waals surface area contributed by atoms with E-state index in [0.717, 1.165) is 6.42 Å². The summed E-state index contributed by atoms with van der Waals surface area (Å²) in [7, 11) is 2.09. The van der Waals surface area contributed by atoms with Crippen molar-refractivity contribution in [1.82, 2.24) is 9.47 Å². The third-order valence-electron chi connectivity index (χ3n) is 4.77. The van der Waals surface area contributed by atoms with Crippen LogP contribution in [0.5, 0.6) is 0 Å². The minimum atomic E-state index is -0.00727. The topological polar surface area (TPSA) is 25.2 Å². The number of fused-ring (bicyclic) bond motifs is 3. The molecular formula is C19H16Cl2N2O. The maximum absolute atomic E-state index is 12.8. The number of benzene rings is 2. The number of amides is 1. The minimum Gasteiger partial charge on any atom is -0.347 e. The van der Waals surface area contributed by atoms with E-state index < -0.39 is 0 Å². The Morgan fingerprint density at radius 1 is 1.08 bits per heavy atom. The number of halogens is 2. The van der Waals surface area contributed by atoms with Crippen molar-refractivity contribution in [3.63, 3.8) is 0 Å². The summed E-state index contributed by atoms with van der Waals surface area (Å²) in [6.07, 6.45) is 0.855. The van der Waals surface area contributed by atoms with Crippen molar-refractivity contribution in [2.75, 3.05) is 6.54 Å². The van der Waals surface area contributed by atoms with Crippen LogP contribution in [0, 0.1) is 0 Å². The van der Waals surface area contributed by atoms with Gasteiger partial charge in [0.15, 0.2) is 0 Å². The smallest absolute Gasteiger partial charge is 0.254 e. The molecule has 2 heterocycles. The summed E-state index contributed by atoms with van der Waals surface area (Å²) in [5, 5.41) is 2.09. The van der Waals surface area contributed by atoms with Crippen LogP contribution < -0.4 is 0 Å². The van der Waals surface area contributed by atoms with Crippen molar-refractivity contribution in [1.29, 1.82) is 0 Å². The Kier molecular flexibility index (Phi) is 3.78. The number of nitrogens with zero attached hydrogens (tertiary/aromatic N) is 2. The van der Waals surface area contributed by atoms with E-state index >= 15 is 0 Å². The summed E-state index contributed by atoms with van der Waals surface area (Å²) in [5.41, 5.74) is 4.35. The molecule has 0 spiro atoms. The maximum Gasteiger partial charge on any atom is 0.254 e. The van der Waals surface area contributed by atoms with Gasteiger partial charge in [-0.1, -0.05) is 41.4 Å². The number of aromatic nitrogens is 1. The first-order valence-corrected chi connectivity index (χ1v) is 8.61. The van der Waals surface area contributed by atoms with Crippen molar-refractivity contribution in [2.45, 2.75) is 13.0 Å². The summed E-state index contributed by atoms with van der Waals surface area (Å²) in [5.74, 6) is -0.00727. The van der Waals surface area contributed by atoms with Gasteiger partial charge in [-0.25, -0.2) is 0 Å². The second-order valence-electron chi connectivity index (χ2n) is 6.11. The molecule has 0 radical (unpaired) electrons. The largest absolute Gasteiger partial charge is 0.347 e. The standard InChI is InChI=1S/C19H16Cl2N2O/c1-22-17-5-3-2-4-13(17)14-11-23(9-8-18(14)22)19(24)12-6-7-15(20)16(21)10-12/h2-7,10H,8-9,11H2,1H3. The molecule has 0 bridgehead atoms. The van der Waals surface area contributed by atoms with Gasteiger partial charge in [-0.3, -0.25) is 4.79 Å². The van der Waals surface area contributed by atoms with Gasteiger partial charge in [0, 0.05) is 54.3 Å². The lowest BCUT2D eigenvalue weighted by Crippen LogP contribution is -2.36. The zero-order valence-corrected chi connectivity index (χ0v) is 14.7. The van der Waals surface area contributed by atoms with Crippen molar-refractivity contribution < 1.29 is 4.79 Å². The van der Waals surface area contributed by atoms with E-state index in [0.29, 0.717) is 28.7 Å². The monoisotopic (exact) mass is 358 g/mol. The fourth-order valence-corrected chi connectivity index (χ4v) is 3.81. The van der Waals surface area contributed by atoms with Gasteiger partial charge in [-0.2, -0.15) is 0 Å². The lowest BCUT2D eigenvalue weighted by molar-refractivity contribution is 0.0734. The van der Waals surface area contributed by atoms with E-state index in [1.807, 2.05) is 17.0 Å². The van der Waals surface area contributed by atoms with E-state index in [1.54, 1.807) is 18.2 Å². The molecule has 122 valence electrons. The predicted molar refractivity (Wildman–Crippen MR) is 97.8 cm³/mol. The molecule has 5 heteroatoms. The normalized spacial score (nSPS) is 14.0. The van der Waals surface area contributed by atoms with Crippen LogP contribution in [0.4, 0.5) is 0 Å². The molecule has 3 nitrogen and oxygen atoms in total. The Morgan fingerprint density at radius 3 is 2.67 bits per heavy atom. The molecule has 0 aliphatic carbocycles. The molecule has 24 heavy (non-hydrogen) atoms. The van der Waals surface area contributed by atoms with Crippen molar-refractivity contribution in [3.05, 3.63) is 69.3 Å². The molecule has 0 saturated heterocycles. The van der Waals surface area contributed by atoms with Crippen LogP contribution in [0.2, 0.25) is 10.0 Å². The highest BCUT2D eigenvalue weighted by Crippen LogP contribution is 2.31. The minimum absolute atomic E-state index is 0.00727. The summed E-state index contributed by atoms with van der Waals surface area (Å²) < 4.78 is 2.24. The van der Waals surface area contributed by atoms with Crippen LogP contribution >= 0.6 is 23.2 Å². The molecule has 4 rings (SSSR count). The number of carbonyl (C=O) groups is 1. The number of hydrogen-bond donors (Lipinski definition) is 0. The van der Waals surface area contributed by atoms with Gasteiger partial charge in [-0.05, 0) is 24.3 Å². The molecule has 2 aromatic carbocycles.